The predicted molar refractivity (Wildman–Crippen MR) is 114 cm³/mol. The van der Waals surface area contributed by atoms with Crippen LogP contribution in [0.5, 0.6) is 0 Å². The van der Waals surface area contributed by atoms with E-state index in [2.05, 4.69) is 32.4 Å². The number of hydrogen-bond donors (Lipinski definition) is 3. The summed E-state index contributed by atoms with van der Waals surface area (Å²) in [6.45, 7) is 5.96. The molecule has 2 aromatic rings. The van der Waals surface area contributed by atoms with Crippen LogP contribution >= 0.6 is 0 Å². The molecule has 1 aromatic heterocycles. The van der Waals surface area contributed by atoms with E-state index in [1.165, 1.54) is 0 Å². The molecule has 0 radical (unpaired) electrons. The van der Waals surface area contributed by atoms with E-state index in [0.29, 0.717) is 0 Å². The van der Waals surface area contributed by atoms with Crippen LogP contribution in [0.15, 0.2) is 42.7 Å². The van der Waals surface area contributed by atoms with Gasteiger partial charge in [-0.05, 0) is 24.8 Å². The summed E-state index contributed by atoms with van der Waals surface area (Å²) in [6.07, 6.45) is 3.61. The zero-order chi connectivity index (χ0) is 20.6. The van der Waals surface area contributed by atoms with Crippen molar-refractivity contribution in [3.8, 4) is 0 Å². The molecule has 2 atom stereocenters. The smallest absolute Gasteiger partial charge is 0.315 e. The number of carbonyl (C=O) groups is 1. The number of aryl methyl sites for hydroxylation is 1. The first-order valence-corrected chi connectivity index (χ1v) is 10.4. The Morgan fingerprint density at radius 2 is 1.97 bits per heavy atom. The number of amides is 2. The van der Waals surface area contributed by atoms with Gasteiger partial charge in [-0.25, -0.2) is 14.8 Å². The minimum atomic E-state index is -0.629. The van der Waals surface area contributed by atoms with E-state index < -0.39 is 6.10 Å². The quantitative estimate of drug-likeness (QED) is 0.668. The first kappa shape index (κ1) is 21.0. The average Bonchev–Trinajstić information content (AvgIpc) is 2.78. The first-order valence-electron chi connectivity index (χ1n) is 10.4. The molecule has 1 aliphatic rings. The molecule has 1 saturated heterocycles. The van der Waals surface area contributed by atoms with E-state index in [9.17, 15) is 9.90 Å². The molecule has 3 N–H and O–H groups in total. The van der Waals surface area contributed by atoms with E-state index in [-0.39, 0.29) is 24.5 Å². The highest BCUT2D eigenvalue weighted by molar-refractivity contribution is 5.74. The van der Waals surface area contributed by atoms with Crippen LogP contribution in [0.4, 0.5) is 10.6 Å². The minimum absolute atomic E-state index is 0.0411. The number of urea groups is 1. The van der Waals surface area contributed by atoms with Crippen molar-refractivity contribution < 1.29 is 9.90 Å². The molecule has 2 heterocycles. The molecule has 1 fully saturated rings. The molecule has 29 heavy (non-hydrogen) atoms. The number of hydrogen-bond acceptors (Lipinski definition) is 5. The molecule has 2 amide bonds. The number of benzene rings is 1. The highest BCUT2D eigenvalue weighted by atomic mass is 16.3. The van der Waals surface area contributed by atoms with Crippen molar-refractivity contribution in [2.45, 2.75) is 51.2 Å². The van der Waals surface area contributed by atoms with Gasteiger partial charge in [0.25, 0.3) is 0 Å². The van der Waals surface area contributed by atoms with E-state index in [1.807, 2.05) is 43.3 Å². The maximum atomic E-state index is 12.2. The third-order valence-corrected chi connectivity index (χ3v) is 5.60. The van der Waals surface area contributed by atoms with Crippen molar-refractivity contribution in [3.63, 3.8) is 0 Å². The highest BCUT2D eigenvalue weighted by Gasteiger charge is 2.22. The molecule has 7 heteroatoms. The number of piperidine rings is 1. The number of rotatable bonds is 7. The van der Waals surface area contributed by atoms with Crippen molar-refractivity contribution in [1.82, 2.24) is 20.6 Å². The van der Waals surface area contributed by atoms with Gasteiger partial charge in [-0.1, -0.05) is 44.2 Å². The summed E-state index contributed by atoms with van der Waals surface area (Å²) in [4.78, 5) is 23.1. The lowest BCUT2D eigenvalue weighted by atomic mass is 9.95. The van der Waals surface area contributed by atoms with Gasteiger partial charge in [0.1, 0.15) is 12.1 Å². The Morgan fingerprint density at radius 1 is 1.24 bits per heavy atom. The minimum Gasteiger partial charge on any atom is -0.391 e. The number of aliphatic hydroxyl groups is 1. The third-order valence-electron chi connectivity index (χ3n) is 5.60. The number of nitrogens with zero attached hydrogens (tertiary/aromatic N) is 3. The number of aromatic nitrogens is 2. The van der Waals surface area contributed by atoms with Crippen LogP contribution in [-0.4, -0.2) is 52.9 Å². The van der Waals surface area contributed by atoms with E-state index >= 15 is 0 Å². The summed E-state index contributed by atoms with van der Waals surface area (Å²) >= 11 is 0. The summed E-state index contributed by atoms with van der Waals surface area (Å²) in [7, 11) is 0. The molecule has 156 valence electrons. The summed E-state index contributed by atoms with van der Waals surface area (Å²) in [5.74, 6) is 0.915. The lowest BCUT2D eigenvalue weighted by molar-refractivity contribution is 0.146. The molecule has 2 unspecified atom stereocenters. The Morgan fingerprint density at radius 3 is 2.66 bits per heavy atom. The number of carbonyl (C=O) groups excluding carboxylic acids is 1. The summed E-state index contributed by atoms with van der Waals surface area (Å²) in [5, 5.41) is 16.2. The Bertz CT molecular complexity index is 778. The normalized spacial score (nSPS) is 16.9. The van der Waals surface area contributed by atoms with Gasteiger partial charge in [-0.2, -0.15) is 0 Å². The van der Waals surface area contributed by atoms with Gasteiger partial charge in [0.15, 0.2) is 0 Å². The molecule has 1 aliphatic heterocycles. The van der Waals surface area contributed by atoms with Crippen LogP contribution < -0.4 is 15.5 Å². The summed E-state index contributed by atoms with van der Waals surface area (Å²) in [6, 6.07) is 11.8. The standard InChI is InChI=1S/C22H31N5O2/c1-3-18-13-21(25-15-24-18)27-11-9-19(10-12-27)26-22(29)23-14-20(28)16(2)17-7-5-4-6-8-17/h4-8,13,15-16,19-20,28H,3,9-12,14H2,1-2H3,(H2,23,26,29). The Labute approximate surface area is 172 Å². The predicted octanol–water partition coefficient (Wildman–Crippen LogP) is 2.47. The van der Waals surface area contributed by atoms with Gasteiger partial charge in [-0.3, -0.25) is 0 Å². The van der Waals surface area contributed by atoms with Gasteiger partial charge in [0, 0.05) is 43.4 Å². The van der Waals surface area contributed by atoms with Crippen molar-refractivity contribution >= 4 is 11.8 Å². The van der Waals surface area contributed by atoms with E-state index in [0.717, 1.165) is 49.4 Å². The monoisotopic (exact) mass is 397 g/mol. The molecule has 7 nitrogen and oxygen atoms in total. The maximum absolute atomic E-state index is 12.2. The first-order chi connectivity index (χ1) is 14.1. The van der Waals surface area contributed by atoms with Gasteiger partial charge in [0.05, 0.1) is 6.10 Å². The summed E-state index contributed by atoms with van der Waals surface area (Å²) in [5.41, 5.74) is 2.10. The Balaban J connectivity index is 1.40. The second-order valence-electron chi connectivity index (χ2n) is 7.60. The average molecular weight is 398 g/mol. The second-order valence-corrected chi connectivity index (χ2v) is 7.60. The van der Waals surface area contributed by atoms with Crippen LogP contribution in [0.1, 0.15) is 43.9 Å². The number of anilines is 1. The zero-order valence-electron chi connectivity index (χ0n) is 17.2. The molecule has 1 aromatic carbocycles. The van der Waals surface area contributed by atoms with Gasteiger partial charge >= 0.3 is 6.03 Å². The van der Waals surface area contributed by atoms with Crippen molar-refractivity contribution in [1.29, 1.82) is 0 Å². The zero-order valence-corrected chi connectivity index (χ0v) is 17.2. The van der Waals surface area contributed by atoms with Crippen LogP contribution in [0.25, 0.3) is 0 Å². The molecular weight excluding hydrogens is 366 g/mol. The Hall–Kier alpha value is -2.67. The molecule has 0 spiro atoms. The molecule has 3 rings (SSSR count). The van der Waals surface area contributed by atoms with E-state index in [1.54, 1.807) is 6.33 Å². The van der Waals surface area contributed by atoms with Gasteiger partial charge in [-0.15, -0.1) is 0 Å². The van der Waals surface area contributed by atoms with E-state index in [4.69, 9.17) is 0 Å². The lowest BCUT2D eigenvalue weighted by Crippen LogP contribution is -2.49. The van der Waals surface area contributed by atoms with Crippen LogP contribution in [0, 0.1) is 0 Å². The van der Waals surface area contributed by atoms with Crippen molar-refractivity contribution in [3.05, 3.63) is 54.0 Å². The second kappa shape index (κ2) is 10.2. The third kappa shape index (κ3) is 5.90. The molecule has 0 saturated carbocycles. The van der Waals surface area contributed by atoms with Crippen LogP contribution in [0.2, 0.25) is 0 Å². The maximum Gasteiger partial charge on any atom is 0.315 e. The summed E-state index contributed by atoms with van der Waals surface area (Å²) < 4.78 is 0. The Kier molecular flexibility index (Phi) is 7.41. The van der Waals surface area contributed by atoms with Crippen LogP contribution in [-0.2, 0) is 6.42 Å². The fraction of sp³-hybridized carbons (Fsp3) is 0.500. The molecule has 0 bridgehead atoms. The molecule has 0 aliphatic carbocycles. The topological polar surface area (TPSA) is 90.4 Å². The fourth-order valence-corrected chi connectivity index (χ4v) is 3.59. The van der Waals surface area contributed by atoms with Gasteiger partial charge in [0.2, 0.25) is 0 Å². The van der Waals surface area contributed by atoms with Crippen molar-refractivity contribution in [2.75, 3.05) is 24.5 Å². The van der Waals surface area contributed by atoms with Crippen molar-refractivity contribution in [2.24, 2.45) is 0 Å². The lowest BCUT2D eigenvalue weighted by Gasteiger charge is -2.33. The SMILES string of the molecule is CCc1cc(N2CCC(NC(=O)NCC(O)C(C)c3ccccc3)CC2)ncn1. The number of nitrogens with one attached hydrogen (secondary N) is 2. The number of aliphatic hydroxyl groups excluding tert-OH is 1. The highest BCUT2D eigenvalue weighted by Crippen LogP contribution is 2.19. The fourth-order valence-electron chi connectivity index (χ4n) is 3.59. The largest absolute Gasteiger partial charge is 0.391 e. The van der Waals surface area contributed by atoms with Crippen LogP contribution in [0.3, 0.4) is 0 Å². The molecular formula is C22H31N5O2. The van der Waals surface area contributed by atoms with Gasteiger partial charge < -0.3 is 20.6 Å².